The quantitative estimate of drug-likeness (QED) is 0.466. The van der Waals surface area contributed by atoms with Gasteiger partial charge in [-0.1, -0.05) is 50.5 Å². The molecular weight excluding hydrogens is 349 g/mol. The molecule has 0 radical (unpaired) electrons. The molecule has 0 saturated heterocycles. The Morgan fingerprint density at radius 1 is 0.889 bits per heavy atom. The van der Waals surface area contributed by atoms with Crippen molar-refractivity contribution in [1.82, 2.24) is 0 Å². The number of hydrogen-bond acceptors (Lipinski definition) is 1. The van der Waals surface area contributed by atoms with Crippen LogP contribution in [0, 0.1) is 23.4 Å². The molecule has 0 atom stereocenters. The van der Waals surface area contributed by atoms with Crippen molar-refractivity contribution < 1.29 is 17.9 Å². The highest BCUT2D eigenvalue weighted by Crippen LogP contribution is 2.37. The van der Waals surface area contributed by atoms with Crippen LogP contribution in [0.25, 0.3) is 0 Å². The predicted molar refractivity (Wildman–Crippen MR) is 101 cm³/mol. The summed E-state index contributed by atoms with van der Waals surface area (Å²) in [4.78, 5) is 0. The number of hydrogen-bond donors (Lipinski definition) is 0. The number of benzene rings is 2. The molecule has 0 amide bonds. The van der Waals surface area contributed by atoms with Gasteiger partial charge in [0.25, 0.3) is 0 Å². The first kappa shape index (κ1) is 19.8. The normalized spacial score (nSPS) is 19.9. The molecule has 1 aliphatic carbocycles. The molecule has 1 nitrogen and oxygen atoms in total. The Bertz CT molecular complexity index is 734. The van der Waals surface area contributed by atoms with E-state index in [1.54, 1.807) is 0 Å². The SMILES string of the molecule is CCCCC1CCC(c2ccc(COc3ccc(F)c(F)c3F)cc2)CC1. The summed E-state index contributed by atoms with van der Waals surface area (Å²) in [6, 6.07) is 10.1. The molecule has 27 heavy (non-hydrogen) atoms. The van der Waals surface area contributed by atoms with Crippen molar-refractivity contribution in [3.63, 3.8) is 0 Å². The fraction of sp³-hybridized carbons (Fsp3) is 0.478. The highest BCUT2D eigenvalue weighted by atomic mass is 19.2. The van der Waals surface area contributed by atoms with Crippen LogP contribution in [0.2, 0.25) is 0 Å². The summed E-state index contributed by atoms with van der Waals surface area (Å²) in [5.74, 6) is -2.78. The maximum absolute atomic E-state index is 13.6. The Morgan fingerprint density at radius 3 is 2.26 bits per heavy atom. The number of rotatable bonds is 7. The fourth-order valence-electron chi connectivity index (χ4n) is 3.94. The lowest BCUT2D eigenvalue weighted by molar-refractivity contribution is 0.281. The predicted octanol–water partition coefficient (Wildman–Crippen LogP) is 7.15. The minimum absolute atomic E-state index is 0.117. The Morgan fingerprint density at radius 2 is 1.59 bits per heavy atom. The highest BCUT2D eigenvalue weighted by molar-refractivity contribution is 5.28. The smallest absolute Gasteiger partial charge is 0.203 e. The molecule has 0 aromatic heterocycles. The maximum atomic E-state index is 13.6. The zero-order chi connectivity index (χ0) is 19.2. The average molecular weight is 376 g/mol. The third kappa shape index (κ3) is 5.06. The van der Waals surface area contributed by atoms with Gasteiger partial charge < -0.3 is 4.74 Å². The van der Waals surface area contributed by atoms with Crippen LogP contribution in [0.3, 0.4) is 0 Å². The first-order valence-corrected chi connectivity index (χ1v) is 9.93. The second kappa shape index (κ2) is 9.29. The van der Waals surface area contributed by atoms with E-state index in [9.17, 15) is 13.2 Å². The van der Waals surface area contributed by atoms with Gasteiger partial charge in [0, 0.05) is 0 Å². The second-order valence-corrected chi connectivity index (χ2v) is 7.56. The van der Waals surface area contributed by atoms with Crippen molar-refractivity contribution in [2.24, 2.45) is 5.92 Å². The summed E-state index contributed by atoms with van der Waals surface area (Å²) in [6.07, 6.45) is 9.07. The van der Waals surface area contributed by atoms with Gasteiger partial charge in [0.15, 0.2) is 17.4 Å². The van der Waals surface area contributed by atoms with Crippen LogP contribution in [-0.4, -0.2) is 0 Å². The zero-order valence-corrected chi connectivity index (χ0v) is 15.8. The largest absolute Gasteiger partial charge is 0.486 e. The molecule has 1 saturated carbocycles. The van der Waals surface area contributed by atoms with Crippen LogP contribution in [0.15, 0.2) is 36.4 Å². The van der Waals surface area contributed by atoms with Crippen LogP contribution < -0.4 is 4.74 Å². The second-order valence-electron chi connectivity index (χ2n) is 7.56. The lowest BCUT2D eigenvalue weighted by Crippen LogP contribution is -2.13. The first-order chi connectivity index (χ1) is 13.1. The average Bonchev–Trinajstić information content (AvgIpc) is 2.71. The number of halogens is 3. The molecular formula is C23H27F3O. The molecule has 4 heteroatoms. The molecule has 0 N–H and O–H groups in total. The lowest BCUT2D eigenvalue weighted by Gasteiger charge is -2.29. The van der Waals surface area contributed by atoms with Crippen molar-refractivity contribution in [1.29, 1.82) is 0 Å². The zero-order valence-electron chi connectivity index (χ0n) is 15.8. The van der Waals surface area contributed by atoms with Crippen molar-refractivity contribution in [3.8, 4) is 5.75 Å². The van der Waals surface area contributed by atoms with E-state index in [-0.39, 0.29) is 12.4 Å². The third-order valence-corrected chi connectivity index (χ3v) is 5.66. The van der Waals surface area contributed by atoms with Crippen LogP contribution >= 0.6 is 0 Å². The van der Waals surface area contributed by atoms with E-state index in [4.69, 9.17) is 4.74 Å². The molecule has 146 valence electrons. The molecule has 1 aliphatic rings. The van der Waals surface area contributed by atoms with E-state index in [0.29, 0.717) is 5.92 Å². The van der Waals surface area contributed by atoms with Gasteiger partial charge in [-0.05, 0) is 60.8 Å². The van der Waals surface area contributed by atoms with Gasteiger partial charge in [-0.15, -0.1) is 0 Å². The van der Waals surface area contributed by atoms with Gasteiger partial charge in [-0.2, -0.15) is 4.39 Å². The molecule has 0 heterocycles. The fourth-order valence-corrected chi connectivity index (χ4v) is 3.94. The minimum Gasteiger partial charge on any atom is -0.486 e. The molecule has 1 fully saturated rings. The van der Waals surface area contributed by atoms with E-state index in [1.807, 2.05) is 12.1 Å². The van der Waals surface area contributed by atoms with Gasteiger partial charge in [-0.25, -0.2) is 8.78 Å². The maximum Gasteiger partial charge on any atom is 0.203 e. The van der Waals surface area contributed by atoms with Crippen molar-refractivity contribution in [2.45, 2.75) is 64.4 Å². The molecule has 2 aromatic carbocycles. The topological polar surface area (TPSA) is 9.23 Å². The third-order valence-electron chi connectivity index (χ3n) is 5.66. The Labute approximate surface area is 159 Å². The van der Waals surface area contributed by atoms with E-state index in [0.717, 1.165) is 23.6 Å². The molecule has 3 rings (SSSR count). The van der Waals surface area contributed by atoms with Gasteiger partial charge in [0.2, 0.25) is 5.82 Å². The first-order valence-electron chi connectivity index (χ1n) is 9.93. The minimum atomic E-state index is -1.50. The van der Waals surface area contributed by atoms with Gasteiger partial charge in [-0.3, -0.25) is 0 Å². The van der Waals surface area contributed by atoms with Gasteiger partial charge in [0.05, 0.1) is 0 Å². The Balaban J connectivity index is 1.53. The summed E-state index contributed by atoms with van der Waals surface area (Å²) in [7, 11) is 0. The van der Waals surface area contributed by atoms with Crippen LogP contribution in [0.5, 0.6) is 5.75 Å². The Kier molecular flexibility index (Phi) is 6.81. The summed E-state index contributed by atoms with van der Waals surface area (Å²) in [5, 5.41) is 0. The van der Waals surface area contributed by atoms with Crippen LogP contribution in [0.1, 0.15) is 68.9 Å². The lowest BCUT2D eigenvalue weighted by atomic mass is 9.77. The molecule has 0 spiro atoms. The van der Waals surface area contributed by atoms with E-state index in [2.05, 4.69) is 19.1 Å². The van der Waals surface area contributed by atoms with Crippen molar-refractivity contribution in [2.75, 3.05) is 0 Å². The molecule has 0 aliphatic heterocycles. The van der Waals surface area contributed by atoms with Crippen LogP contribution in [0.4, 0.5) is 13.2 Å². The van der Waals surface area contributed by atoms with Crippen LogP contribution in [-0.2, 0) is 6.61 Å². The summed E-state index contributed by atoms with van der Waals surface area (Å²) < 4.78 is 45.2. The van der Waals surface area contributed by atoms with E-state index >= 15 is 0 Å². The standard InChI is InChI=1S/C23H27F3O/c1-2-3-4-16-5-9-18(10-6-16)19-11-7-17(8-12-19)15-27-21-14-13-20(24)22(25)23(21)26/h7-8,11-14,16,18H,2-6,9-10,15H2,1H3. The number of ether oxygens (including phenoxy) is 1. The summed E-state index contributed by atoms with van der Waals surface area (Å²) in [6.45, 7) is 2.36. The summed E-state index contributed by atoms with van der Waals surface area (Å²) in [5.41, 5.74) is 2.21. The number of unbranched alkanes of at least 4 members (excludes halogenated alkanes) is 1. The molecule has 2 aromatic rings. The summed E-state index contributed by atoms with van der Waals surface area (Å²) >= 11 is 0. The van der Waals surface area contributed by atoms with E-state index in [1.165, 1.54) is 50.5 Å². The monoisotopic (exact) mass is 376 g/mol. The Hall–Kier alpha value is -1.97. The van der Waals surface area contributed by atoms with E-state index < -0.39 is 17.5 Å². The highest BCUT2D eigenvalue weighted by Gasteiger charge is 2.22. The van der Waals surface area contributed by atoms with Gasteiger partial charge >= 0.3 is 0 Å². The van der Waals surface area contributed by atoms with Crippen molar-refractivity contribution >= 4 is 0 Å². The van der Waals surface area contributed by atoms with Gasteiger partial charge in [0.1, 0.15) is 6.61 Å². The van der Waals surface area contributed by atoms with Crippen molar-refractivity contribution in [3.05, 3.63) is 65.0 Å². The molecule has 0 bridgehead atoms. The molecule has 0 unspecified atom stereocenters.